The summed E-state index contributed by atoms with van der Waals surface area (Å²) in [6.45, 7) is 4.30. The summed E-state index contributed by atoms with van der Waals surface area (Å²) in [5.74, 6) is 1.76. The van der Waals surface area contributed by atoms with E-state index in [4.69, 9.17) is 10.5 Å². The number of nitrogens with two attached hydrogens (primary N) is 1. The van der Waals surface area contributed by atoms with Crippen LogP contribution in [0.5, 0.6) is 11.6 Å². The van der Waals surface area contributed by atoms with Gasteiger partial charge in [0.25, 0.3) is 0 Å². The summed E-state index contributed by atoms with van der Waals surface area (Å²) in [5, 5.41) is 0. The molecular weight excluding hydrogens is 292 g/mol. The highest BCUT2D eigenvalue weighted by molar-refractivity contribution is 9.10. The van der Waals surface area contributed by atoms with Gasteiger partial charge in [0.05, 0.1) is 16.4 Å². The fourth-order valence-corrected chi connectivity index (χ4v) is 2.01. The molecule has 0 saturated carbocycles. The largest absolute Gasteiger partial charge is 0.438 e. The maximum absolute atomic E-state index is 5.74. The highest BCUT2D eigenvalue weighted by Gasteiger charge is 2.06. The average molecular weight is 307 g/mol. The Kier molecular flexibility index (Phi) is 3.87. The Labute approximate surface area is 115 Å². The summed E-state index contributed by atoms with van der Waals surface area (Å²) >= 11 is 3.38. The number of nitrogens with zero attached hydrogens (tertiary/aromatic N) is 1. The summed E-state index contributed by atoms with van der Waals surface area (Å²) in [6.07, 6.45) is 1.58. The molecule has 4 heteroatoms. The smallest absolute Gasteiger partial charge is 0.233 e. The molecule has 18 heavy (non-hydrogen) atoms. The highest BCUT2D eigenvalue weighted by atomic mass is 79.9. The van der Waals surface area contributed by atoms with Crippen molar-refractivity contribution in [1.29, 1.82) is 0 Å². The maximum Gasteiger partial charge on any atom is 0.233 e. The van der Waals surface area contributed by atoms with Crippen molar-refractivity contribution in [3.05, 3.63) is 46.6 Å². The molecule has 0 saturated heterocycles. The molecule has 0 aliphatic rings. The number of aromatic nitrogens is 1. The molecule has 0 atom stereocenters. The summed E-state index contributed by atoms with van der Waals surface area (Å²) in [6, 6.07) is 9.78. The van der Waals surface area contributed by atoms with Crippen molar-refractivity contribution in [2.45, 2.75) is 19.8 Å². The topological polar surface area (TPSA) is 48.1 Å². The lowest BCUT2D eigenvalue weighted by molar-refractivity contribution is 0.459. The Morgan fingerprint density at radius 2 is 2.06 bits per heavy atom. The lowest BCUT2D eigenvalue weighted by Crippen LogP contribution is -1.93. The van der Waals surface area contributed by atoms with Crippen LogP contribution in [0.25, 0.3) is 0 Å². The van der Waals surface area contributed by atoms with Gasteiger partial charge in [-0.1, -0.05) is 26.0 Å². The van der Waals surface area contributed by atoms with E-state index in [1.165, 1.54) is 5.56 Å². The van der Waals surface area contributed by atoms with Crippen LogP contribution in [-0.4, -0.2) is 4.98 Å². The second-order valence-corrected chi connectivity index (χ2v) is 5.24. The third kappa shape index (κ3) is 3.01. The number of pyridine rings is 1. The molecule has 1 aromatic carbocycles. The molecule has 0 spiro atoms. The Morgan fingerprint density at radius 1 is 1.28 bits per heavy atom. The van der Waals surface area contributed by atoms with Gasteiger partial charge in [-0.25, -0.2) is 4.98 Å². The lowest BCUT2D eigenvalue weighted by atomic mass is 10.0. The molecular formula is C14H15BrN2O. The first kappa shape index (κ1) is 12.9. The molecule has 0 amide bonds. The van der Waals surface area contributed by atoms with Crippen LogP contribution in [0, 0.1) is 0 Å². The van der Waals surface area contributed by atoms with Gasteiger partial charge in [-0.15, -0.1) is 0 Å². The van der Waals surface area contributed by atoms with E-state index in [-0.39, 0.29) is 0 Å². The van der Waals surface area contributed by atoms with E-state index >= 15 is 0 Å². The quantitative estimate of drug-likeness (QED) is 0.917. The second kappa shape index (κ2) is 5.40. The van der Waals surface area contributed by atoms with E-state index in [2.05, 4.69) is 40.8 Å². The third-order valence-corrected chi connectivity index (χ3v) is 3.14. The molecule has 2 aromatic rings. The van der Waals surface area contributed by atoms with Crippen LogP contribution < -0.4 is 10.5 Å². The fraction of sp³-hybridized carbons (Fsp3) is 0.214. The fourth-order valence-electron chi connectivity index (χ4n) is 1.56. The number of benzene rings is 1. The predicted octanol–water partition coefficient (Wildman–Crippen LogP) is 4.34. The summed E-state index contributed by atoms with van der Waals surface area (Å²) in [4.78, 5) is 4.15. The average Bonchev–Trinajstić information content (AvgIpc) is 2.33. The molecule has 0 aliphatic carbocycles. The minimum absolute atomic E-state index is 0.469. The predicted molar refractivity (Wildman–Crippen MR) is 77.0 cm³/mol. The molecule has 3 nitrogen and oxygen atoms in total. The van der Waals surface area contributed by atoms with Gasteiger partial charge >= 0.3 is 0 Å². The van der Waals surface area contributed by atoms with Crippen LogP contribution in [0.15, 0.2) is 41.0 Å². The van der Waals surface area contributed by atoms with Crippen molar-refractivity contribution in [1.82, 2.24) is 4.98 Å². The van der Waals surface area contributed by atoms with Gasteiger partial charge in [0, 0.05) is 0 Å². The Bertz CT molecular complexity index is 555. The molecule has 2 rings (SSSR count). The van der Waals surface area contributed by atoms with Crippen molar-refractivity contribution < 1.29 is 4.74 Å². The molecule has 0 bridgehead atoms. The standard InChI is InChI=1S/C14H15BrN2O/c1-9(2)10-4-3-5-12(6-10)18-14-13(15)7-11(16)8-17-14/h3-9H,16H2,1-2H3. The van der Waals surface area contributed by atoms with E-state index in [1.807, 2.05) is 18.2 Å². The van der Waals surface area contributed by atoms with Gasteiger partial charge in [-0.05, 0) is 45.6 Å². The van der Waals surface area contributed by atoms with Gasteiger partial charge in [0.1, 0.15) is 5.75 Å². The van der Waals surface area contributed by atoms with Crippen molar-refractivity contribution >= 4 is 21.6 Å². The number of nitrogen functional groups attached to an aromatic ring is 1. The van der Waals surface area contributed by atoms with Crippen LogP contribution in [0.3, 0.4) is 0 Å². The van der Waals surface area contributed by atoms with Crippen molar-refractivity contribution in [2.75, 3.05) is 5.73 Å². The number of hydrogen-bond donors (Lipinski definition) is 1. The Balaban J connectivity index is 2.25. The number of ether oxygens (including phenoxy) is 1. The summed E-state index contributed by atoms with van der Waals surface area (Å²) in [5.41, 5.74) is 7.47. The monoisotopic (exact) mass is 306 g/mol. The molecule has 0 fully saturated rings. The zero-order valence-corrected chi connectivity index (χ0v) is 11.9. The van der Waals surface area contributed by atoms with Crippen molar-refractivity contribution in [3.63, 3.8) is 0 Å². The molecule has 0 radical (unpaired) electrons. The lowest BCUT2D eigenvalue weighted by Gasteiger charge is -2.10. The van der Waals surface area contributed by atoms with Gasteiger partial charge in [-0.3, -0.25) is 0 Å². The molecule has 0 aliphatic heterocycles. The minimum Gasteiger partial charge on any atom is -0.438 e. The molecule has 0 unspecified atom stereocenters. The maximum atomic E-state index is 5.74. The van der Waals surface area contributed by atoms with Gasteiger partial charge in [0.2, 0.25) is 5.88 Å². The second-order valence-electron chi connectivity index (χ2n) is 4.38. The van der Waals surface area contributed by atoms with Gasteiger partial charge < -0.3 is 10.5 Å². The van der Waals surface area contributed by atoms with Crippen LogP contribution in [0.2, 0.25) is 0 Å². The number of halogens is 1. The summed E-state index contributed by atoms with van der Waals surface area (Å²) in [7, 11) is 0. The zero-order chi connectivity index (χ0) is 13.1. The van der Waals surface area contributed by atoms with E-state index in [0.29, 0.717) is 17.5 Å². The first-order valence-corrected chi connectivity index (χ1v) is 6.54. The van der Waals surface area contributed by atoms with Crippen molar-refractivity contribution in [3.8, 4) is 11.6 Å². The molecule has 2 N–H and O–H groups in total. The van der Waals surface area contributed by atoms with Gasteiger partial charge in [0.15, 0.2) is 0 Å². The number of rotatable bonds is 3. The Hall–Kier alpha value is -1.55. The highest BCUT2D eigenvalue weighted by Crippen LogP contribution is 2.30. The third-order valence-electron chi connectivity index (χ3n) is 2.57. The number of anilines is 1. The van der Waals surface area contributed by atoms with E-state index in [0.717, 1.165) is 10.2 Å². The zero-order valence-electron chi connectivity index (χ0n) is 10.4. The van der Waals surface area contributed by atoms with E-state index in [1.54, 1.807) is 12.3 Å². The van der Waals surface area contributed by atoms with Crippen LogP contribution in [0.1, 0.15) is 25.3 Å². The van der Waals surface area contributed by atoms with Crippen molar-refractivity contribution in [2.24, 2.45) is 0 Å². The van der Waals surface area contributed by atoms with Crippen LogP contribution in [-0.2, 0) is 0 Å². The normalized spacial score (nSPS) is 10.7. The first-order valence-electron chi connectivity index (χ1n) is 5.75. The molecule has 1 aromatic heterocycles. The van der Waals surface area contributed by atoms with Gasteiger partial charge in [-0.2, -0.15) is 0 Å². The summed E-state index contributed by atoms with van der Waals surface area (Å²) < 4.78 is 6.49. The first-order chi connectivity index (χ1) is 8.56. The van der Waals surface area contributed by atoms with Crippen LogP contribution >= 0.6 is 15.9 Å². The number of hydrogen-bond acceptors (Lipinski definition) is 3. The molecule has 94 valence electrons. The SMILES string of the molecule is CC(C)c1cccc(Oc2ncc(N)cc2Br)c1. The minimum atomic E-state index is 0.469. The van der Waals surface area contributed by atoms with E-state index in [9.17, 15) is 0 Å². The van der Waals surface area contributed by atoms with Crippen LogP contribution in [0.4, 0.5) is 5.69 Å². The Morgan fingerprint density at radius 3 is 2.72 bits per heavy atom. The molecule has 1 heterocycles. The van der Waals surface area contributed by atoms with E-state index < -0.39 is 0 Å².